The number of carbonyl (C=O) groups excluding carboxylic acids is 1. The summed E-state index contributed by atoms with van der Waals surface area (Å²) in [6.07, 6.45) is 5.11. The Bertz CT molecular complexity index is 1450. The molecule has 4 heterocycles. The molecule has 1 aromatic carbocycles. The highest BCUT2D eigenvalue weighted by Gasteiger charge is 2.33. The molecule has 2 aromatic heterocycles. The van der Waals surface area contributed by atoms with E-state index in [0.29, 0.717) is 30.6 Å². The normalized spacial score (nSPS) is 20.6. The minimum atomic E-state index is -2.53. The van der Waals surface area contributed by atoms with Gasteiger partial charge in [-0.25, -0.2) is 23.0 Å². The van der Waals surface area contributed by atoms with E-state index in [0.717, 1.165) is 75.1 Å². The molecule has 1 amide bonds. The number of carbonyl (C=O) groups is 1. The Morgan fingerprint density at radius 2 is 1.89 bits per heavy atom. The van der Waals surface area contributed by atoms with Gasteiger partial charge in [0.05, 0.1) is 41.8 Å². The van der Waals surface area contributed by atoms with Gasteiger partial charge in [0.15, 0.2) is 5.65 Å². The molecule has 0 bridgehead atoms. The lowest BCUT2D eigenvalue weighted by molar-refractivity contribution is -0.0740. The molecule has 3 N–H and O–H groups in total. The number of pyridine rings is 1. The van der Waals surface area contributed by atoms with E-state index in [4.69, 9.17) is 14.6 Å². The van der Waals surface area contributed by atoms with Crippen molar-refractivity contribution in [3.63, 3.8) is 0 Å². The Morgan fingerprint density at radius 1 is 1.18 bits per heavy atom. The van der Waals surface area contributed by atoms with E-state index in [-0.39, 0.29) is 25.0 Å². The molecule has 3 aromatic rings. The quantitative estimate of drug-likeness (QED) is 0.318. The first-order chi connectivity index (χ1) is 21.3. The van der Waals surface area contributed by atoms with Crippen LogP contribution < -0.4 is 14.9 Å². The van der Waals surface area contributed by atoms with E-state index in [1.54, 1.807) is 30.0 Å². The molecule has 2 atom stereocenters. The molecule has 2 aliphatic heterocycles. The van der Waals surface area contributed by atoms with Gasteiger partial charge in [-0.3, -0.25) is 14.2 Å². The summed E-state index contributed by atoms with van der Waals surface area (Å²) in [5.41, 5.74) is 2.89. The molecule has 12 nitrogen and oxygen atoms in total. The van der Waals surface area contributed by atoms with Crippen molar-refractivity contribution in [3.05, 3.63) is 47.5 Å². The fourth-order valence-electron chi connectivity index (χ4n) is 6.18. The molecule has 242 valence electrons. The lowest BCUT2D eigenvalue weighted by Crippen LogP contribution is -2.52. The SMILES string of the molecule is CNC.COCC1CN(C2CCN(c3cc(C(=O)NS(=O)O)nc4c3c(C3CCC3)nn4-c3ccc(F)cc3)CC2)CCO1.[HH]. The second-order valence-corrected chi connectivity index (χ2v) is 12.2. The summed E-state index contributed by atoms with van der Waals surface area (Å²) in [5.74, 6) is -0.841. The Labute approximate surface area is 261 Å². The number of amides is 1. The Kier molecular flexibility index (Phi) is 10.9. The standard InChI is InChI=1S/C28H35FN6O5S.C2H7N.H2/c1-39-17-22-16-34(13-14-40-22)20-9-11-33(12-10-20)24-15-23(28(36)32-41(37)38)30-27-25(24)26(18-3-2-4-18)31-35(27)21-7-5-19(29)6-8-21;1-3-2;/h5-8,15,18,20,22H,2-4,9-14,16-17H2,1H3,(H,32,36)(H,37,38);3H,1-2H3;1H. The number of ether oxygens (including phenoxy) is 2. The van der Waals surface area contributed by atoms with E-state index < -0.39 is 17.2 Å². The smallest absolute Gasteiger partial charge is 0.283 e. The topological polar surface area (TPSA) is 134 Å². The van der Waals surface area contributed by atoms with Crippen LogP contribution in [0.4, 0.5) is 10.1 Å². The lowest BCUT2D eigenvalue weighted by Gasteiger charge is -2.43. The molecule has 1 saturated carbocycles. The van der Waals surface area contributed by atoms with Gasteiger partial charge >= 0.3 is 0 Å². The van der Waals surface area contributed by atoms with Gasteiger partial charge in [0.25, 0.3) is 17.2 Å². The largest absolute Gasteiger partial charge is 0.382 e. The number of fused-ring (bicyclic) bond motifs is 1. The van der Waals surface area contributed by atoms with Crippen LogP contribution in [0.25, 0.3) is 16.7 Å². The first-order valence-corrected chi connectivity index (χ1v) is 16.2. The number of nitrogens with zero attached hydrogens (tertiary/aromatic N) is 5. The van der Waals surface area contributed by atoms with Crippen LogP contribution >= 0.6 is 0 Å². The van der Waals surface area contributed by atoms with Gasteiger partial charge in [-0.15, -0.1) is 0 Å². The first-order valence-electron chi connectivity index (χ1n) is 15.1. The zero-order valence-electron chi connectivity index (χ0n) is 25.5. The number of piperidine rings is 1. The minimum absolute atomic E-state index is 0. The molecule has 3 fully saturated rings. The second-order valence-electron chi connectivity index (χ2n) is 11.5. The first kappa shape index (κ1) is 32.4. The maximum atomic E-state index is 13.8. The summed E-state index contributed by atoms with van der Waals surface area (Å²) in [5, 5.41) is 8.60. The maximum Gasteiger partial charge on any atom is 0.283 e. The number of rotatable bonds is 8. The summed E-state index contributed by atoms with van der Waals surface area (Å²) in [4.78, 5) is 22.3. The molecule has 6 rings (SSSR count). The fourth-order valence-corrected chi connectivity index (χ4v) is 6.45. The van der Waals surface area contributed by atoms with E-state index in [9.17, 15) is 17.9 Å². The number of morpholine rings is 1. The molecule has 2 unspecified atom stereocenters. The highest BCUT2D eigenvalue weighted by molar-refractivity contribution is 7.77. The van der Waals surface area contributed by atoms with Crippen molar-refractivity contribution in [1.29, 1.82) is 0 Å². The molecular formula is C30H44FN7O5S. The number of hydrogen-bond acceptors (Lipinski definition) is 9. The fraction of sp³-hybridized carbons (Fsp3) is 0.567. The zero-order chi connectivity index (χ0) is 31.2. The molecule has 0 radical (unpaired) electrons. The molecule has 2 saturated heterocycles. The maximum absolute atomic E-state index is 13.8. The number of benzene rings is 1. The molecule has 3 aliphatic rings. The van der Waals surface area contributed by atoms with Crippen LogP contribution in [0.5, 0.6) is 0 Å². The van der Waals surface area contributed by atoms with Crippen LogP contribution in [0.15, 0.2) is 30.3 Å². The third-order valence-corrected chi connectivity index (χ3v) is 8.82. The molecule has 1 aliphatic carbocycles. The number of aromatic nitrogens is 3. The molecular weight excluding hydrogens is 589 g/mol. The lowest BCUT2D eigenvalue weighted by atomic mass is 9.82. The van der Waals surface area contributed by atoms with Crippen LogP contribution in [-0.2, 0) is 20.7 Å². The van der Waals surface area contributed by atoms with Crippen molar-refractivity contribution < 1.29 is 28.8 Å². The summed E-state index contributed by atoms with van der Waals surface area (Å²) in [7, 11) is 5.44. The highest BCUT2D eigenvalue weighted by Crippen LogP contribution is 2.43. The Hall–Kier alpha value is -3.01. The van der Waals surface area contributed by atoms with Gasteiger partial charge in [0, 0.05) is 46.7 Å². The van der Waals surface area contributed by atoms with Crippen molar-refractivity contribution in [2.24, 2.45) is 0 Å². The van der Waals surface area contributed by atoms with Gasteiger partial charge in [-0.1, -0.05) is 6.42 Å². The summed E-state index contributed by atoms with van der Waals surface area (Å²) >= 11 is -2.53. The summed E-state index contributed by atoms with van der Waals surface area (Å²) in [6.45, 7) is 4.55. The number of methoxy groups -OCH3 is 1. The average Bonchev–Trinajstić information content (AvgIpc) is 3.35. The van der Waals surface area contributed by atoms with E-state index in [2.05, 4.69) is 20.1 Å². The van der Waals surface area contributed by atoms with E-state index in [1.165, 1.54) is 12.1 Å². The Balaban J connectivity index is 0.00000111. The van der Waals surface area contributed by atoms with Crippen LogP contribution in [-0.4, -0.2) is 107 Å². The predicted molar refractivity (Wildman–Crippen MR) is 169 cm³/mol. The minimum Gasteiger partial charge on any atom is -0.382 e. The zero-order valence-corrected chi connectivity index (χ0v) is 26.3. The number of halogens is 1. The average molecular weight is 634 g/mol. The molecule has 14 heteroatoms. The van der Waals surface area contributed by atoms with Crippen LogP contribution in [0.1, 0.15) is 55.6 Å². The van der Waals surface area contributed by atoms with E-state index in [1.807, 2.05) is 18.8 Å². The number of nitrogens with one attached hydrogen (secondary N) is 2. The Morgan fingerprint density at radius 3 is 2.50 bits per heavy atom. The third kappa shape index (κ3) is 7.27. The van der Waals surface area contributed by atoms with Crippen LogP contribution in [0.2, 0.25) is 0 Å². The van der Waals surface area contributed by atoms with Crippen molar-refractivity contribution in [2.75, 3.05) is 65.5 Å². The predicted octanol–water partition coefficient (Wildman–Crippen LogP) is 3.09. The van der Waals surface area contributed by atoms with E-state index >= 15 is 0 Å². The van der Waals surface area contributed by atoms with Gasteiger partial charge < -0.3 is 19.7 Å². The van der Waals surface area contributed by atoms with Crippen LogP contribution in [0.3, 0.4) is 0 Å². The highest BCUT2D eigenvalue weighted by atomic mass is 32.2. The van der Waals surface area contributed by atoms with Crippen molar-refractivity contribution >= 4 is 33.9 Å². The van der Waals surface area contributed by atoms with Gasteiger partial charge in [0.2, 0.25) is 0 Å². The number of hydrogen-bond donors (Lipinski definition) is 3. The molecule has 44 heavy (non-hydrogen) atoms. The van der Waals surface area contributed by atoms with Crippen molar-refractivity contribution in [1.82, 2.24) is 29.7 Å². The van der Waals surface area contributed by atoms with Crippen molar-refractivity contribution in [3.8, 4) is 5.69 Å². The van der Waals surface area contributed by atoms with Crippen molar-refractivity contribution in [2.45, 2.75) is 50.2 Å². The van der Waals surface area contributed by atoms with Gasteiger partial charge in [0.1, 0.15) is 11.5 Å². The van der Waals surface area contributed by atoms with Gasteiger partial charge in [-0.2, -0.15) is 5.10 Å². The van der Waals surface area contributed by atoms with Gasteiger partial charge in [-0.05, 0) is 70.1 Å². The third-order valence-electron chi connectivity index (χ3n) is 8.46. The summed E-state index contributed by atoms with van der Waals surface area (Å²) < 4.78 is 49.4. The van der Waals surface area contributed by atoms with Crippen LogP contribution in [0, 0.1) is 5.82 Å². The molecule has 0 spiro atoms. The summed E-state index contributed by atoms with van der Waals surface area (Å²) in [6, 6.07) is 8.13. The monoisotopic (exact) mass is 633 g/mol. The second kappa shape index (κ2) is 14.8. The number of anilines is 1.